The summed E-state index contributed by atoms with van der Waals surface area (Å²) < 4.78 is 5.44. The molecule has 1 aromatic rings. The molecular weight excluding hydrogens is 154 g/mol. The van der Waals surface area contributed by atoms with Gasteiger partial charge in [-0.15, -0.1) is 0 Å². The summed E-state index contributed by atoms with van der Waals surface area (Å²) in [5.74, 6) is 1.94. The molecule has 0 saturated heterocycles. The normalized spacial score (nSPS) is 10.5. The molecule has 68 valence electrons. The van der Waals surface area contributed by atoms with Gasteiger partial charge in [-0.2, -0.15) is 0 Å². The van der Waals surface area contributed by atoms with Crippen LogP contribution >= 0.6 is 0 Å². The first kappa shape index (κ1) is 9.29. The van der Waals surface area contributed by atoms with Crippen molar-refractivity contribution in [3.05, 3.63) is 23.7 Å². The van der Waals surface area contributed by atoms with E-state index in [1.807, 2.05) is 12.1 Å². The summed E-state index contributed by atoms with van der Waals surface area (Å²) >= 11 is 0. The van der Waals surface area contributed by atoms with Crippen LogP contribution < -0.4 is 5.32 Å². The molecule has 0 unspecified atom stereocenters. The van der Waals surface area contributed by atoms with Crippen LogP contribution in [0.3, 0.4) is 0 Å². The van der Waals surface area contributed by atoms with Crippen molar-refractivity contribution >= 4 is 0 Å². The van der Waals surface area contributed by atoms with E-state index in [1.165, 1.54) is 0 Å². The maximum absolute atomic E-state index is 8.50. The molecule has 0 fully saturated rings. The third-order valence-electron chi connectivity index (χ3n) is 1.65. The average molecular weight is 169 g/mol. The first-order chi connectivity index (χ1) is 5.86. The van der Waals surface area contributed by atoms with Crippen LogP contribution in [-0.2, 0) is 13.0 Å². The number of nitrogens with one attached hydrogen (secondary N) is 1. The Hall–Kier alpha value is -0.800. The number of hydrogen-bond donors (Lipinski definition) is 2. The smallest absolute Gasteiger partial charge is 0.117 e. The number of rotatable bonds is 5. The van der Waals surface area contributed by atoms with Gasteiger partial charge in [0.15, 0.2) is 0 Å². The van der Waals surface area contributed by atoms with Gasteiger partial charge in [0.05, 0.1) is 13.2 Å². The zero-order valence-electron chi connectivity index (χ0n) is 7.34. The SMILES string of the molecule is CCc1ccc(CNCCO)o1. The highest BCUT2D eigenvalue weighted by Gasteiger charge is 1.98. The van der Waals surface area contributed by atoms with Crippen molar-refractivity contribution in [2.75, 3.05) is 13.2 Å². The Morgan fingerprint density at radius 1 is 1.42 bits per heavy atom. The minimum absolute atomic E-state index is 0.168. The monoisotopic (exact) mass is 169 g/mol. The molecule has 2 N–H and O–H groups in total. The molecular formula is C9H15NO2. The fraction of sp³-hybridized carbons (Fsp3) is 0.556. The highest BCUT2D eigenvalue weighted by molar-refractivity contribution is 5.06. The van der Waals surface area contributed by atoms with Crippen LogP contribution in [0.5, 0.6) is 0 Å². The van der Waals surface area contributed by atoms with Crippen LogP contribution in [0.15, 0.2) is 16.5 Å². The summed E-state index contributed by atoms with van der Waals surface area (Å²) in [4.78, 5) is 0. The summed E-state index contributed by atoms with van der Waals surface area (Å²) in [6, 6.07) is 3.94. The van der Waals surface area contributed by atoms with E-state index in [9.17, 15) is 0 Å². The van der Waals surface area contributed by atoms with Crippen LogP contribution in [0.1, 0.15) is 18.4 Å². The number of aryl methyl sites for hydroxylation is 1. The van der Waals surface area contributed by atoms with Crippen LogP contribution in [0.2, 0.25) is 0 Å². The van der Waals surface area contributed by atoms with Gasteiger partial charge in [0, 0.05) is 13.0 Å². The van der Waals surface area contributed by atoms with E-state index in [-0.39, 0.29) is 6.61 Å². The Morgan fingerprint density at radius 3 is 2.75 bits per heavy atom. The van der Waals surface area contributed by atoms with Gasteiger partial charge in [-0.25, -0.2) is 0 Å². The van der Waals surface area contributed by atoms with Crippen molar-refractivity contribution in [3.8, 4) is 0 Å². The maximum atomic E-state index is 8.50. The first-order valence-electron chi connectivity index (χ1n) is 4.26. The highest BCUT2D eigenvalue weighted by atomic mass is 16.3. The Labute approximate surface area is 72.4 Å². The minimum Gasteiger partial charge on any atom is -0.465 e. The summed E-state index contributed by atoms with van der Waals surface area (Å²) in [7, 11) is 0. The van der Waals surface area contributed by atoms with Crippen molar-refractivity contribution in [3.63, 3.8) is 0 Å². The van der Waals surface area contributed by atoms with Crippen LogP contribution in [0.25, 0.3) is 0 Å². The number of aliphatic hydroxyl groups excluding tert-OH is 1. The lowest BCUT2D eigenvalue weighted by atomic mass is 10.3. The second-order valence-electron chi connectivity index (χ2n) is 2.62. The lowest BCUT2D eigenvalue weighted by molar-refractivity contribution is 0.289. The van der Waals surface area contributed by atoms with E-state index in [1.54, 1.807) is 0 Å². The van der Waals surface area contributed by atoms with Crippen LogP contribution in [-0.4, -0.2) is 18.3 Å². The predicted molar refractivity (Wildman–Crippen MR) is 46.9 cm³/mol. The summed E-state index contributed by atoms with van der Waals surface area (Å²) in [6.07, 6.45) is 0.931. The van der Waals surface area contributed by atoms with Crippen molar-refractivity contribution < 1.29 is 9.52 Å². The lowest BCUT2D eigenvalue weighted by Gasteiger charge is -1.98. The fourth-order valence-corrected chi connectivity index (χ4v) is 0.998. The van der Waals surface area contributed by atoms with Crippen LogP contribution in [0.4, 0.5) is 0 Å². The fourth-order valence-electron chi connectivity index (χ4n) is 0.998. The molecule has 0 aliphatic carbocycles. The van der Waals surface area contributed by atoms with Gasteiger partial charge in [0.25, 0.3) is 0 Å². The topological polar surface area (TPSA) is 45.4 Å². The van der Waals surface area contributed by atoms with Crippen molar-refractivity contribution in [1.29, 1.82) is 0 Å². The van der Waals surface area contributed by atoms with E-state index in [0.29, 0.717) is 13.1 Å². The Morgan fingerprint density at radius 2 is 2.17 bits per heavy atom. The second kappa shape index (κ2) is 4.95. The van der Waals surface area contributed by atoms with Crippen molar-refractivity contribution in [2.24, 2.45) is 0 Å². The summed E-state index contributed by atoms with van der Waals surface area (Å²) in [5, 5.41) is 11.5. The highest BCUT2D eigenvalue weighted by Crippen LogP contribution is 2.07. The third-order valence-corrected chi connectivity index (χ3v) is 1.65. The molecule has 0 aromatic carbocycles. The van der Waals surface area contributed by atoms with Gasteiger partial charge in [-0.3, -0.25) is 0 Å². The van der Waals surface area contributed by atoms with E-state index in [2.05, 4.69) is 12.2 Å². The molecule has 3 heteroatoms. The summed E-state index contributed by atoms with van der Waals surface area (Å²) in [5.41, 5.74) is 0. The average Bonchev–Trinajstić information content (AvgIpc) is 2.53. The van der Waals surface area contributed by atoms with Gasteiger partial charge < -0.3 is 14.8 Å². The molecule has 12 heavy (non-hydrogen) atoms. The molecule has 0 spiro atoms. The van der Waals surface area contributed by atoms with Gasteiger partial charge in [0.1, 0.15) is 11.5 Å². The molecule has 0 saturated carbocycles. The Kier molecular flexibility index (Phi) is 3.84. The zero-order valence-corrected chi connectivity index (χ0v) is 7.34. The van der Waals surface area contributed by atoms with E-state index in [4.69, 9.17) is 9.52 Å². The predicted octanol–water partition coefficient (Wildman–Crippen LogP) is 0.924. The molecule has 0 aliphatic rings. The number of aliphatic hydroxyl groups is 1. The maximum Gasteiger partial charge on any atom is 0.117 e. The molecule has 0 radical (unpaired) electrons. The molecule has 0 amide bonds. The van der Waals surface area contributed by atoms with Crippen molar-refractivity contribution in [1.82, 2.24) is 5.32 Å². The Balaban J connectivity index is 2.31. The van der Waals surface area contributed by atoms with E-state index in [0.717, 1.165) is 17.9 Å². The molecule has 0 aliphatic heterocycles. The van der Waals surface area contributed by atoms with Crippen LogP contribution in [0, 0.1) is 0 Å². The zero-order chi connectivity index (χ0) is 8.81. The minimum atomic E-state index is 0.168. The molecule has 1 aromatic heterocycles. The quantitative estimate of drug-likeness (QED) is 0.644. The van der Waals surface area contributed by atoms with Gasteiger partial charge in [0.2, 0.25) is 0 Å². The van der Waals surface area contributed by atoms with Gasteiger partial charge >= 0.3 is 0 Å². The largest absolute Gasteiger partial charge is 0.465 e. The molecule has 1 heterocycles. The van der Waals surface area contributed by atoms with Gasteiger partial charge in [-0.05, 0) is 12.1 Å². The number of furan rings is 1. The van der Waals surface area contributed by atoms with E-state index >= 15 is 0 Å². The lowest BCUT2D eigenvalue weighted by Crippen LogP contribution is -2.16. The molecule has 3 nitrogen and oxygen atoms in total. The third kappa shape index (κ3) is 2.68. The number of hydrogen-bond acceptors (Lipinski definition) is 3. The molecule has 0 atom stereocenters. The first-order valence-corrected chi connectivity index (χ1v) is 4.26. The molecule has 1 rings (SSSR count). The second-order valence-corrected chi connectivity index (χ2v) is 2.62. The summed E-state index contributed by atoms with van der Waals surface area (Å²) in [6.45, 7) is 3.54. The van der Waals surface area contributed by atoms with Crippen molar-refractivity contribution in [2.45, 2.75) is 19.9 Å². The van der Waals surface area contributed by atoms with Gasteiger partial charge in [-0.1, -0.05) is 6.92 Å². The standard InChI is InChI=1S/C9H15NO2/c1-2-8-3-4-9(12-8)7-10-5-6-11/h3-4,10-11H,2,5-7H2,1H3. The molecule has 0 bridgehead atoms. The van der Waals surface area contributed by atoms with E-state index < -0.39 is 0 Å². The Bertz CT molecular complexity index is 220.